The Morgan fingerprint density at radius 3 is 2.67 bits per heavy atom. The molecule has 0 atom stereocenters. The second-order valence-corrected chi connectivity index (χ2v) is 3.04. The normalized spacial score (nSPS) is 9.47. The molecule has 0 fully saturated rings. The van der Waals surface area contributed by atoms with E-state index in [-0.39, 0.29) is 5.91 Å². The van der Waals surface area contributed by atoms with E-state index in [9.17, 15) is 4.79 Å². The molecule has 80 valence electrons. The number of nitrogens with one attached hydrogen (secondary N) is 1. The van der Waals surface area contributed by atoms with Crippen molar-refractivity contribution < 1.29 is 4.79 Å². The Morgan fingerprint density at radius 2 is 2.13 bits per heavy atom. The smallest absolute Gasteiger partial charge is 0.266 e. The van der Waals surface area contributed by atoms with Crippen LogP contribution in [0.2, 0.25) is 0 Å². The summed E-state index contributed by atoms with van der Waals surface area (Å²) in [6.07, 6.45) is 3.27. The number of amides is 1. The van der Waals surface area contributed by atoms with Crippen LogP contribution in [0.25, 0.3) is 0 Å². The molecule has 1 amide bonds. The molecule has 1 heterocycles. The van der Waals surface area contributed by atoms with Gasteiger partial charge in [-0.2, -0.15) is 5.10 Å². The molecule has 1 N–H and O–H groups in total. The van der Waals surface area contributed by atoms with Gasteiger partial charge in [0, 0.05) is 11.9 Å². The molecular formula is C11H15N3O. The van der Waals surface area contributed by atoms with Crippen molar-refractivity contribution in [3.05, 3.63) is 30.1 Å². The first-order valence-corrected chi connectivity index (χ1v) is 5.04. The summed E-state index contributed by atoms with van der Waals surface area (Å²) in [6, 6.07) is 5.19. The summed E-state index contributed by atoms with van der Waals surface area (Å²) in [5, 5.41) is 4.01. The van der Waals surface area contributed by atoms with Gasteiger partial charge in [0.2, 0.25) is 0 Å². The monoisotopic (exact) mass is 205 g/mol. The number of nitrogens with zero attached hydrogens (tertiary/aromatic N) is 2. The van der Waals surface area contributed by atoms with Gasteiger partial charge in [-0.05, 0) is 25.0 Å². The van der Waals surface area contributed by atoms with Crippen molar-refractivity contribution in [2.24, 2.45) is 5.10 Å². The maximum atomic E-state index is 11.5. The number of pyridine rings is 1. The van der Waals surface area contributed by atoms with Crippen molar-refractivity contribution >= 4 is 11.6 Å². The van der Waals surface area contributed by atoms with E-state index in [4.69, 9.17) is 0 Å². The molecule has 0 aromatic carbocycles. The van der Waals surface area contributed by atoms with Crippen LogP contribution in [-0.2, 0) is 0 Å². The zero-order valence-corrected chi connectivity index (χ0v) is 9.03. The molecule has 0 aliphatic heterocycles. The maximum absolute atomic E-state index is 11.5. The standard InChI is InChI=1S/C11H15N3O/c1-3-9(4-2)13-14-11(15)10-7-5-6-8-12-10/h5-8H,3-4H2,1-2H3,(H,14,15). The minimum Gasteiger partial charge on any atom is -0.266 e. The van der Waals surface area contributed by atoms with Crippen LogP contribution in [0.15, 0.2) is 29.5 Å². The molecular weight excluding hydrogens is 190 g/mol. The zero-order chi connectivity index (χ0) is 11.1. The summed E-state index contributed by atoms with van der Waals surface area (Å²) in [5.74, 6) is -0.269. The number of hydrazone groups is 1. The fraction of sp³-hybridized carbons (Fsp3) is 0.364. The lowest BCUT2D eigenvalue weighted by Crippen LogP contribution is -2.20. The van der Waals surface area contributed by atoms with Gasteiger partial charge < -0.3 is 0 Å². The molecule has 1 aromatic heterocycles. The SMILES string of the molecule is CCC(CC)=NNC(=O)c1ccccn1. The highest BCUT2D eigenvalue weighted by Crippen LogP contribution is 1.94. The van der Waals surface area contributed by atoms with Crippen LogP contribution in [0.1, 0.15) is 37.2 Å². The average molecular weight is 205 g/mol. The highest BCUT2D eigenvalue weighted by molar-refractivity contribution is 5.93. The van der Waals surface area contributed by atoms with Crippen molar-refractivity contribution in [1.29, 1.82) is 0 Å². The van der Waals surface area contributed by atoms with Crippen LogP contribution in [-0.4, -0.2) is 16.6 Å². The first-order valence-electron chi connectivity index (χ1n) is 5.04. The average Bonchev–Trinajstić information content (AvgIpc) is 2.31. The Labute approximate surface area is 89.4 Å². The zero-order valence-electron chi connectivity index (χ0n) is 9.03. The Bertz CT molecular complexity index is 340. The third-order valence-corrected chi connectivity index (χ3v) is 2.03. The quantitative estimate of drug-likeness (QED) is 0.603. The number of rotatable bonds is 4. The Hall–Kier alpha value is -1.71. The van der Waals surface area contributed by atoms with E-state index >= 15 is 0 Å². The van der Waals surface area contributed by atoms with Crippen LogP contribution in [0.3, 0.4) is 0 Å². The topological polar surface area (TPSA) is 54.4 Å². The molecule has 0 aliphatic rings. The Morgan fingerprint density at radius 1 is 1.40 bits per heavy atom. The summed E-state index contributed by atoms with van der Waals surface area (Å²) in [6.45, 7) is 4.02. The van der Waals surface area contributed by atoms with Gasteiger partial charge in [-0.25, -0.2) is 5.43 Å². The largest absolute Gasteiger partial charge is 0.289 e. The van der Waals surface area contributed by atoms with Crippen molar-refractivity contribution in [2.75, 3.05) is 0 Å². The Kier molecular flexibility index (Phi) is 4.47. The minimum atomic E-state index is -0.269. The second-order valence-electron chi connectivity index (χ2n) is 3.04. The molecule has 15 heavy (non-hydrogen) atoms. The summed E-state index contributed by atoms with van der Waals surface area (Å²) in [7, 11) is 0. The molecule has 4 nitrogen and oxygen atoms in total. The van der Waals surface area contributed by atoms with Gasteiger partial charge in [-0.15, -0.1) is 0 Å². The molecule has 1 rings (SSSR count). The summed E-state index contributed by atoms with van der Waals surface area (Å²) in [5.41, 5.74) is 3.84. The molecule has 4 heteroatoms. The summed E-state index contributed by atoms with van der Waals surface area (Å²) in [4.78, 5) is 15.4. The Balaban J connectivity index is 2.61. The molecule has 0 bridgehead atoms. The van der Waals surface area contributed by atoms with Gasteiger partial charge >= 0.3 is 0 Å². The van der Waals surface area contributed by atoms with Gasteiger partial charge in [0.25, 0.3) is 5.91 Å². The van der Waals surface area contributed by atoms with Gasteiger partial charge in [0.05, 0.1) is 0 Å². The van der Waals surface area contributed by atoms with Crippen molar-refractivity contribution in [3.63, 3.8) is 0 Å². The number of hydrogen-bond donors (Lipinski definition) is 1. The van der Waals surface area contributed by atoms with Crippen molar-refractivity contribution in [2.45, 2.75) is 26.7 Å². The number of hydrogen-bond acceptors (Lipinski definition) is 3. The van der Waals surface area contributed by atoms with E-state index in [0.717, 1.165) is 18.6 Å². The number of carbonyl (C=O) groups excluding carboxylic acids is 1. The third-order valence-electron chi connectivity index (χ3n) is 2.03. The lowest BCUT2D eigenvalue weighted by Gasteiger charge is -2.01. The van der Waals surface area contributed by atoms with Crippen LogP contribution in [0, 0.1) is 0 Å². The molecule has 0 saturated carbocycles. The van der Waals surface area contributed by atoms with Gasteiger partial charge in [0.1, 0.15) is 5.69 Å². The minimum absolute atomic E-state index is 0.269. The predicted octanol–water partition coefficient (Wildman–Crippen LogP) is 1.99. The number of carbonyl (C=O) groups is 1. The third kappa shape index (κ3) is 3.50. The van der Waals surface area contributed by atoms with Gasteiger partial charge in [-0.1, -0.05) is 19.9 Å². The lowest BCUT2D eigenvalue weighted by molar-refractivity contribution is 0.0949. The summed E-state index contributed by atoms with van der Waals surface area (Å²) >= 11 is 0. The van der Waals surface area contributed by atoms with Gasteiger partial charge in [-0.3, -0.25) is 9.78 Å². The maximum Gasteiger partial charge on any atom is 0.289 e. The highest BCUT2D eigenvalue weighted by atomic mass is 16.2. The van der Waals surface area contributed by atoms with Crippen LogP contribution in [0.4, 0.5) is 0 Å². The lowest BCUT2D eigenvalue weighted by atomic mass is 10.2. The first-order chi connectivity index (χ1) is 7.27. The first kappa shape index (κ1) is 11.4. The van der Waals surface area contributed by atoms with E-state index in [2.05, 4.69) is 15.5 Å². The molecule has 0 spiro atoms. The van der Waals surface area contributed by atoms with Crippen molar-refractivity contribution in [3.8, 4) is 0 Å². The molecule has 1 aromatic rings. The predicted molar refractivity (Wildman–Crippen MR) is 59.7 cm³/mol. The van der Waals surface area contributed by atoms with Crippen molar-refractivity contribution in [1.82, 2.24) is 10.4 Å². The summed E-state index contributed by atoms with van der Waals surface area (Å²) < 4.78 is 0. The van der Waals surface area contributed by atoms with E-state index in [1.807, 2.05) is 13.8 Å². The molecule has 0 aliphatic carbocycles. The van der Waals surface area contributed by atoms with E-state index < -0.39 is 0 Å². The van der Waals surface area contributed by atoms with E-state index in [0.29, 0.717) is 5.69 Å². The van der Waals surface area contributed by atoms with E-state index in [1.54, 1.807) is 24.4 Å². The second kappa shape index (κ2) is 5.90. The highest BCUT2D eigenvalue weighted by Gasteiger charge is 2.04. The molecule has 0 unspecified atom stereocenters. The van der Waals surface area contributed by atoms with Crippen LogP contribution >= 0.6 is 0 Å². The van der Waals surface area contributed by atoms with Crippen LogP contribution < -0.4 is 5.43 Å². The molecule has 0 saturated heterocycles. The molecule has 0 radical (unpaired) electrons. The number of aromatic nitrogens is 1. The van der Waals surface area contributed by atoms with E-state index in [1.165, 1.54) is 0 Å². The fourth-order valence-electron chi connectivity index (χ4n) is 1.09. The fourth-order valence-corrected chi connectivity index (χ4v) is 1.09. The van der Waals surface area contributed by atoms with Crippen LogP contribution in [0.5, 0.6) is 0 Å². The van der Waals surface area contributed by atoms with Gasteiger partial charge in [0.15, 0.2) is 0 Å².